The summed E-state index contributed by atoms with van der Waals surface area (Å²) in [6.45, 7) is 2.80. The van der Waals surface area contributed by atoms with E-state index in [4.69, 9.17) is 10.6 Å². The minimum atomic E-state index is 0.124. The first-order chi connectivity index (χ1) is 9.76. The molecule has 1 heterocycles. The van der Waals surface area contributed by atoms with Crippen LogP contribution in [-0.2, 0) is 18.2 Å². The van der Waals surface area contributed by atoms with Crippen LogP contribution in [0.3, 0.4) is 0 Å². The fourth-order valence-corrected chi connectivity index (χ4v) is 3.30. The van der Waals surface area contributed by atoms with Gasteiger partial charge in [-0.1, -0.05) is 19.3 Å². The zero-order chi connectivity index (χ0) is 14.4. The van der Waals surface area contributed by atoms with Crippen molar-refractivity contribution in [1.29, 1.82) is 0 Å². The molecular formula is C15H28N4O. The van der Waals surface area contributed by atoms with Crippen molar-refractivity contribution in [1.82, 2.24) is 15.0 Å². The molecule has 1 aromatic rings. The van der Waals surface area contributed by atoms with Crippen LogP contribution in [0.5, 0.6) is 0 Å². The van der Waals surface area contributed by atoms with Crippen LogP contribution in [0, 0.1) is 5.92 Å². The van der Waals surface area contributed by atoms with Gasteiger partial charge in [-0.25, -0.2) is 4.98 Å². The molecule has 1 aliphatic carbocycles. The lowest BCUT2D eigenvalue weighted by atomic mass is 9.82. The van der Waals surface area contributed by atoms with Gasteiger partial charge in [0.15, 0.2) is 0 Å². The van der Waals surface area contributed by atoms with Crippen LogP contribution in [0.2, 0.25) is 0 Å². The lowest BCUT2D eigenvalue weighted by molar-refractivity contribution is -0.0180. The number of nitrogens with two attached hydrogens (primary N) is 1. The third kappa shape index (κ3) is 3.81. The number of hydrogen-bond donors (Lipinski definition) is 2. The minimum absolute atomic E-state index is 0.124. The van der Waals surface area contributed by atoms with Gasteiger partial charge in [-0.3, -0.25) is 11.3 Å². The molecule has 20 heavy (non-hydrogen) atoms. The summed E-state index contributed by atoms with van der Waals surface area (Å²) < 4.78 is 8.09. The van der Waals surface area contributed by atoms with Crippen molar-refractivity contribution >= 4 is 0 Å². The summed E-state index contributed by atoms with van der Waals surface area (Å²) in [6, 6.07) is 0.124. The van der Waals surface area contributed by atoms with Crippen LogP contribution in [0.15, 0.2) is 12.4 Å². The average Bonchev–Trinajstić information content (AvgIpc) is 2.89. The van der Waals surface area contributed by atoms with Crippen LogP contribution in [0.4, 0.5) is 0 Å². The Labute approximate surface area is 121 Å². The van der Waals surface area contributed by atoms with Gasteiger partial charge in [0.05, 0.1) is 12.1 Å². The van der Waals surface area contributed by atoms with E-state index in [-0.39, 0.29) is 12.1 Å². The second kappa shape index (κ2) is 7.76. The molecule has 2 unspecified atom stereocenters. The summed E-state index contributed by atoms with van der Waals surface area (Å²) >= 11 is 0. The number of hydrogen-bond acceptors (Lipinski definition) is 4. The first-order valence-electron chi connectivity index (χ1n) is 7.80. The number of imidazole rings is 1. The maximum atomic E-state index is 6.04. The van der Waals surface area contributed by atoms with E-state index >= 15 is 0 Å². The highest BCUT2D eigenvalue weighted by atomic mass is 16.5. The van der Waals surface area contributed by atoms with Gasteiger partial charge in [0.25, 0.3) is 0 Å². The summed E-state index contributed by atoms with van der Waals surface area (Å²) in [6.07, 6.45) is 11.3. The van der Waals surface area contributed by atoms with E-state index in [0.717, 1.165) is 18.9 Å². The smallest absolute Gasteiger partial charge is 0.110 e. The van der Waals surface area contributed by atoms with Gasteiger partial charge in [0.1, 0.15) is 5.82 Å². The number of aromatic nitrogens is 2. The molecule has 5 nitrogen and oxygen atoms in total. The molecule has 0 saturated heterocycles. The molecule has 1 aliphatic rings. The Hall–Kier alpha value is -0.910. The van der Waals surface area contributed by atoms with E-state index in [2.05, 4.69) is 17.3 Å². The van der Waals surface area contributed by atoms with Crippen LogP contribution >= 0.6 is 0 Å². The van der Waals surface area contributed by atoms with Crippen LogP contribution in [-0.4, -0.2) is 28.3 Å². The Kier molecular flexibility index (Phi) is 6.01. The molecule has 1 fully saturated rings. The molecule has 0 aliphatic heterocycles. The van der Waals surface area contributed by atoms with E-state index in [1.54, 1.807) is 0 Å². The minimum Gasteiger partial charge on any atom is -0.377 e. The largest absolute Gasteiger partial charge is 0.377 e. The number of nitrogens with one attached hydrogen (secondary N) is 1. The lowest BCUT2D eigenvalue weighted by Gasteiger charge is -2.35. The van der Waals surface area contributed by atoms with E-state index in [1.807, 2.05) is 24.0 Å². The van der Waals surface area contributed by atoms with E-state index in [9.17, 15) is 0 Å². The highest BCUT2D eigenvalue weighted by Crippen LogP contribution is 2.30. The van der Waals surface area contributed by atoms with Gasteiger partial charge >= 0.3 is 0 Å². The molecule has 0 amide bonds. The molecule has 0 spiro atoms. The van der Waals surface area contributed by atoms with Gasteiger partial charge in [-0.05, 0) is 25.7 Å². The highest BCUT2D eigenvalue weighted by Gasteiger charge is 2.31. The molecular weight excluding hydrogens is 252 g/mol. The van der Waals surface area contributed by atoms with Crippen molar-refractivity contribution in [3.05, 3.63) is 18.2 Å². The fraction of sp³-hybridized carbons (Fsp3) is 0.800. The van der Waals surface area contributed by atoms with Gasteiger partial charge in [-0.15, -0.1) is 0 Å². The van der Waals surface area contributed by atoms with Gasteiger partial charge in [0, 0.05) is 32.5 Å². The number of nitrogens with zero attached hydrogens (tertiary/aromatic N) is 2. The van der Waals surface area contributed by atoms with Crippen molar-refractivity contribution in [2.24, 2.45) is 18.8 Å². The molecule has 2 atom stereocenters. The molecule has 114 valence electrons. The standard InChI is InChI=1S/C15H28N4O/c1-3-20-15(12-7-5-4-6-8-12)13(18-16)11-14-17-9-10-19(14)2/h9-10,12-13,15,18H,3-8,11,16H2,1-2H3. The molecule has 5 heteroatoms. The quantitative estimate of drug-likeness (QED) is 0.590. The Morgan fingerprint density at radius 3 is 2.75 bits per heavy atom. The van der Waals surface area contributed by atoms with Crippen LogP contribution in [0.1, 0.15) is 44.9 Å². The predicted octanol–water partition coefficient (Wildman–Crippen LogP) is 1.78. The summed E-state index contributed by atoms with van der Waals surface area (Å²) in [5.74, 6) is 7.48. The van der Waals surface area contributed by atoms with Crippen LogP contribution < -0.4 is 11.3 Å². The second-order valence-corrected chi connectivity index (χ2v) is 5.75. The Morgan fingerprint density at radius 2 is 2.20 bits per heavy atom. The van der Waals surface area contributed by atoms with Crippen molar-refractivity contribution < 1.29 is 4.74 Å². The van der Waals surface area contributed by atoms with E-state index < -0.39 is 0 Å². The van der Waals surface area contributed by atoms with Gasteiger partial charge < -0.3 is 9.30 Å². The summed E-state index contributed by atoms with van der Waals surface area (Å²) in [5.41, 5.74) is 2.97. The predicted molar refractivity (Wildman–Crippen MR) is 80.0 cm³/mol. The van der Waals surface area contributed by atoms with Gasteiger partial charge in [0.2, 0.25) is 0 Å². The Bertz CT molecular complexity index is 387. The number of aryl methyl sites for hydroxylation is 1. The highest BCUT2D eigenvalue weighted by molar-refractivity contribution is 4.97. The molecule has 1 aromatic heterocycles. The summed E-state index contributed by atoms with van der Waals surface area (Å²) in [4.78, 5) is 4.40. The molecule has 1 saturated carbocycles. The molecule has 0 radical (unpaired) electrons. The zero-order valence-corrected chi connectivity index (χ0v) is 12.7. The van der Waals surface area contributed by atoms with Gasteiger partial charge in [-0.2, -0.15) is 0 Å². The first kappa shape index (κ1) is 15.5. The maximum Gasteiger partial charge on any atom is 0.110 e. The van der Waals surface area contributed by atoms with Crippen molar-refractivity contribution in [3.63, 3.8) is 0 Å². The molecule has 0 aromatic carbocycles. The number of hydrazine groups is 1. The Balaban J connectivity index is 2.05. The second-order valence-electron chi connectivity index (χ2n) is 5.75. The Morgan fingerprint density at radius 1 is 1.45 bits per heavy atom. The molecule has 2 rings (SSSR count). The molecule has 3 N–H and O–H groups in total. The van der Waals surface area contributed by atoms with Crippen molar-refractivity contribution in [3.8, 4) is 0 Å². The topological polar surface area (TPSA) is 65.1 Å². The SMILES string of the molecule is CCOC(C1CCCCC1)C(Cc1nccn1C)NN. The summed E-state index contributed by atoms with van der Waals surface area (Å²) in [7, 11) is 2.02. The monoisotopic (exact) mass is 280 g/mol. The summed E-state index contributed by atoms with van der Waals surface area (Å²) in [5, 5.41) is 0. The van der Waals surface area contributed by atoms with Crippen LogP contribution in [0.25, 0.3) is 0 Å². The number of rotatable bonds is 7. The maximum absolute atomic E-state index is 6.04. The van der Waals surface area contributed by atoms with Crippen molar-refractivity contribution in [2.45, 2.75) is 57.6 Å². The third-order valence-corrected chi connectivity index (χ3v) is 4.41. The molecule has 0 bridgehead atoms. The first-order valence-corrected chi connectivity index (χ1v) is 7.80. The number of ether oxygens (including phenoxy) is 1. The van der Waals surface area contributed by atoms with E-state index in [0.29, 0.717) is 5.92 Å². The zero-order valence-electron chi connectivity index (χ0n) is 12.7. The third-order valence-electron chi connectivity index (χ3n) is 4.41. The lowest BCUT2D eigenvalue weighted by Crippen LogP contribution is -2.50. The normalized spacial score (nSPS) is 19.9. The van der Waals surface area contributed by atoms with E-state index in [1.165, 1.54) is 32.1 Å². The average molecular weight is 280 g/mol. The van der Waals surface area contributed by atoms with Crippen molar-refractivity contribution in [2.75, 3.05) is 6.61 Å². The fourth-order valence-electron chi connectivity index (χ4n) is 3.30.